The third-order valence-electron chi connectivity index (χ3n) is 3.10. The Kier molecular flexibility index (Phi) is 5.76. The van der Waals surface area contributed by atoms with E-state index in [9.17, 15) is 9.59 Å². The molecule has 2 amide bonds. The number of benzene rings is 2. The zero-order chi connectivity index (χ0) is 16.8. The number of nitrogens with zero attached hydrogens (tertiary/aromatic N) is 1. The number of anilines is 3. The lowest BCUT2D eigenvalue weighted by molar-refractivity contribution is -0.123. The summed E-state index contributed by atoms with van der Waals surface area (Å²) in [6, 6.07) is 14.6. The highest BCUT2D eigenvalue weighted by Crippen LogP contribution is 2.17. The van der Waals surface area contributed by atoms with Crippen LogP contribution in [0.3, 0.4) is 0 Å². The van der Waals surface area contributed by atoms with E-state index < -0.39 is 0 Å². The molecule has 2 aromatic rings. The third-order valence-corrected chi connectivity index (χ3v) is 3.59. The van der Waals surface area contributed by atoms with Crippen molar-refractivity contribution < 1.29 is 9.59 Å². The average molecular weight is 376 g/mol. The summed E-state index contributed by atoms with van der Waals surface area (Å²) in [5.41, 5.74) is 2.35. The van der Waals surface area contributed by atoms with Crippen LogP contribution in [0.5, 0.6) is 0 Å². The van der Waals surface area contributed by atoms with E-state index in [4.69, 9.17) is 0 Å². The van der Waals surface area contributed by atoms with Crippen LogP contribution in [0.4, 0.5) is 17.1 Å². The Hall–Kier alpha value is -2.34. The van der Waals surface area contributed by atoms with E-state index in [-0.39, 0.29) is 18.2 Å². The fourth-order valence-corrected chi connectivity index (χ4v) is 2.36. The smallest absolute Gasteiger partial charge is 0.233 e. The first-order valence-corrected chi connectivity index (χ1v) is 7.86. The molecule has 0 heterocycles. The highest BCUT2D eigenvalue weighted by molar-refractivity contribution is 9.10. The zero-order valence-corrected chi connectivity index (χ0v) is 14.6. The van der Waals surface area contributed by atoms with Crippen LogP contribution in [0.2, 0.25) is 0 Å². The molecule has 2 aromatic carbocycles. The van der Waals surface area contributed by atoms with Gasteiger partial charge in [0.25, 0.3) is 0 Å². The van der Waals surface area contributed by atoms with Gasteiger partial charge in [-0.25, -0.2) is 0 Å². The van der Waals surface area contributed by atoms with Crippen molar-refractivity contribution in [3.05, 3.63) is 53.0 Å². The second kappa shape index (κ2) is 7.78. The molecule has 23 heavy (non-hydrogen) atoms. The molecule has 120 valence electrons. The van der Waals surface area contributed by atoms with Crippen molar-refractivity contribution in [1.82, 2.24) is 0 Å². The maximum absolute atomic E-state index is 11.9. The monoisotopic (exact) mass is 375 g/mol. The molecule has 0 bridgehead atoms. The molecule has 0 aromatic heterocycles. The summed E-state index contributed by atoms with van der Waals surface area (Å²) in [4.78, 5) is 25.8. The van der Waals surface area contributed by atoms with E-state index in [1.165, 1.54) is 0 Å². The van der Waals surface area contributed by atoms with Crippen LogP contribution in [-0.4, -0.2) is 25.9 Å². The molecule has 0 saturated carbocycles. The van der Waals surface area contributed by atoms with Gasteiger partial charge >= 0.3 is 0 Å². The Morgan fingerprint density at radius 3 is 2.13 bits per heavy atom. The van der Waals surface area contributed by atoms with Gasteiger partial charge in [-0.1, -0.05) is 22.0 Å². The average Bonchev–Trinajstić information content (AvgIpc) is 2.47. The number of halogens is 1. The van der Waals surface area contributed by atoms with Crippen LogP contribution in [0.25, 0.3) is 0 Å². The minimum Gasteiger partial charge on any atom is -0.378 e. The summed E-state index contributed by atoms with van der Waals surface area (Å²) in [6.07, 6.45) is -0.234. The first-order valence-electron chi connectivity index (χ1n) is 7.07. The second-order valence-electron chi connectivity index (χ2n) is 5.22. The van der Waals surface area contributed by atoms with E-state index in [2.05, 4.69) is 26.6 Å². The Morgan fingerprint density at radius 2 is 1.57 bits per heavy atom. The van der Waals surface area contributed by atoms with Crippen LogP contribution in [-0.2, 0) is 9.59 Å². The van der Waals surface area contributed by atoms with Crippen LogP contribution in [0, 0.1) is 0 Å². The van der Waals surface area contributed by atoms with Crippen LogP contribution in [0.15, 0.2) is 53.0 Å². The van der Waals surface area contributed by atoms with Gasteiger partial charge in [-0.15, -0.1) is 0 Å². The van der Waals surface area contributed by atoms with Crippen molar-refractivity contribution in [2.45, 2.75) is 6.42 Å². The van der Waals surface area contributed by atoms with Gasteiger partial charge in [-0.05, 0) is 42.5 Å². The van der Waals surface area contributed by atoms with Crippen molar-refractivity contribution in [3.63, 3.8) is 0 Å². The summed E-state index contributed by atoms with van der Waals surface area (Å²) >= 11 is 3.33. The van der Waals surface area contributed by atoms with E-state index in [0.717, 1.165) is 10.2 Å². The highest BCUT2D eigenvalue weighted by Gasteiger charge is 2.10. The minimum atomic E-state index is -0.356. The van der Waals surface area contributed by atoms with Crippen molar-refractivity contribution in [2.24, 2.45) is 0 Å². The summed E-state index contributed by atoms with van der Waals surface area (Å²) in [5.74, 6) is -0.708. The Balaban J connectivity index is 1.87. The fourth-order valence-electron chi connectivity index (χ4n) is 1.97. The summed E-state index contributed by atoms with van der Waals surface area (Å²) in [5, 5.41) is 5.40. The zero-order valence-electron chi connectivity index (χ0n) is 13.0. The van der Waals surface area contributed by atoms with Gasteiger partial charge in [0.15, 0.2) is 0 Å². The minimum absolute atomic E-state index is 0.234. The number of amides is 2. The van der Waals surface area contributed by atoms with Gasteiger partial charge in [-0.3, -0.25) is 9.59 Å². The Morgan fingerprint density at radius 1 is 0.957 bits per heavy atom. The molecule has 6 heteroatoms. The number of carbonyl (C=O) groups excluding carboxylic acids is 2. The van der Waals surface area contributed by atoms with Crippen molar-refractivity contribution in [2.75, 3.05) is 29.6 Å². The Bertz CT molecular complexity index is 699. The standard InChI is InChI=1S/C17H18BrN3O2/c1-21(2)15-8-6-13(7-9-15)19-16(22)11-17(23)20-14-5-3-4-12(18)10-14/h3-10H,11H2,1-2H3,(H,19,22)(H,20,23). The maximum Gasteiger partial charge on any atom is 0.233 e. The predicted molar refractivity (Wildman–Crippen MR) is 96.8 cm³/mol. The number of nitrogens with one attached hydrogen (secondary N) is 2. The van der Waals surface area contributed by atoms with Crippen LogP contribution in [0.1, 0.15) is 6.42 Å². The van der Waals surface area contributed by atoms with E-state index in [1.54, 1.807) is 24.3 Å². The van der Waals surface area contributed by atoms with Crippen molar-refractivity contribution in [1.29, 1.82) is 0 Å². The summed E-state index contributed by atoms with van der Waals surface area (Å²) in [6.45, 7) is 0. The molecular formula is C17H18BrN3O2. The molecule has 0 aliphatic carbocycles. The highest BCUT2D eigenvalue weighted by atomic mass is 79.9. The number of hydrogen-bond acceptors (Lipinski definition) is 3. The fraction of sp³-hybridized carbons (Fsp3) is 0.176. The summed E-state index contributed by atoms with van der Waals surface area (Å²) in [7, 11) is 3.89. The number of hydrogen-bond donors (Lipinski definition) is 2. The molecule has 0 aliphatic rings. The molecule has 0 atom stereocenters. The molecule has 2 rings (SSSR count). The van der Waals surface area contributed by atoms with Crippen molar-refractivity contribution >= 4 is 44.8 Å². The largest absolute Gasteiger partial charge is 0.378 e. The van der Waals surface area contributed by atoms with E-state index in [1.807, 2.05) is 43.3 Å². The Labute approximate surface area is 143 Å². The quantitative estimate of drug-likeness (QED) is 0.786. The molecule has 2 N–H and O–H groups in total. The summed E-state index contributed by atoms with van der Waals surface area (Å²) < 4.78 is 0.862. The maximum atomic E-state index is 11.9. The molecule has 0 unspecified atom stereocenters. The van der Waals surface area contributed by atoms with Gasteiger partial charge < -0.3 is 15.5 Å². The number of rotatable bonds is 5. The first-order chi connectivity index (χ1) is 10.9. The van der Waals surface area contributed by atoms with Gasteiger partial charge in [0.05, 0.1) is 0 Å². The molecule has 0 fully saturated rings. The van der Waals surface area contributed by atoms with Gasteiger partial charge in [-0.2, -0.15) is 0 Å². The van der Waals surface area contributed by atoms with Gasteiger partial charge in [0.2, 0.25) is 11.8 Å². The normalized spacial score (nSPS) is 10.0. The third kappa shape index (κ3) is 5.41. The molecule has 0 aliphatic heterocycles. The van der Waals surface area contributed by atoms with E-state index in [0.29, 0.717) is 11.4 Å². The topological polar surface area (TPSA) is 61.4 Å². The lowest BCUT2D eigenvalue weighted by Crippen LogP contribution is -2.21. The van der Waals surface area contributed by atoms with Gasteiger partial charge in [0.1, 0.15) is 6.42 Å². The van der Waals surface area contributed by atoms with Gasteiger partial charge in [0, 0.05) is 35.6 Å². The number of carbonyl (C=O) groups is 2. The SMILES string of the molecule is CN(C)c1ccc(NC(=O)CC(=O)Nc2cccc(Br)c2)cc1. The lowest BCUT2D eigenvalue weighted by Gasteiger charge is -2.13. The van der Waals surface area contributed by atoms with E-state index >= 15 is 0 Å². The second-order valence-corrected chi connectivity index (χ2v) is 6.14. The molecule has 0 spiro atoms. The van der Waals surface area contributed by atoms with Crippen molar-refractivity contribution in [3.8, 4) is 0 Å². The molecule has 0 radical (unpaired) electrons. The first kappa shape index (κ1) is 17.0. The molecular weight excluding hydrogens is 358 g/mol. The molecule has 5 nitrogen and oxygen atoms in total. The van der Waals surface area contributed by atoms with Crippen LogP contribution < -0.4 is 15.5 Å². The molecule has 0 saturated heterocycles. The van der Waals surface area contributed by atoms with Crippen LogP contribution >= 0.6 is 15.9 Å². The lowest BCUT2D eigenvalue weighted by atomic mass is 10.2. The predicted octanol–water partition coefficient (Wildman–Crippen LogP) is 3.48.